The SMILES string of the molecule is CC(C)C(O)C(C)C#CC(C)(C)C. The van der Waals surface area contributed by atoms with Gasteiger partial charge in [0.25, 0.3) is 0 Å². The van der Waals surface area contributed by atoms with E-state index in [-0.39, 0.29) is 23.4 Å². The fourth-order valence-electron chi connectivity index (χ4n) is 0.993. The van der Waals surface area contributed by atoms with Crippen molar-refractivity contribution in [3.05, 3.63) is 0 Å². The quantitative estimate of drug-likeness (QED) is 0.651. The summed E-state index contributed by atoms with van der Waals surface area (Å²) < 4.78 is 0. The molecule has 0 amide bonds. The topological polar surface area (TPSA) is 20.2 Å². The molecule has 0 spiro atoms. The van der Waals surface area contributed by atoms with E-state index in [1.54, 1.807) is 0 Å². The van der Waals surface area contributed by atoms with Crippen molar-refractivity contribution in [2.45, 2.75) is 47.6 Å². The summed E-state index contributed by atoms with van der Waals surface area (Å²) in [7, 11) is 0. The number of hydrogen-bond donors (Lipinski definition) is 1. The maximum Gasteiger partial charge on any atom is 0.0697 e. The molecule has 0 rings (SSSR count). The van der Waals surface area contributed by atoms with Crippen LogP contribution in [0.1, 0.15) is 41.5 Å². The van der Waals surface area contributed by atoms with Crippen LogP contribution >= 0.6 is 0 Å². The van der Waals surface area contributed by atoms with Gasteiger partial charge in [0, 0.05) is 11.3 Å². The number of aliphatic hydroxyl groups excluding tert-OH is 1. The lowest BCUT2D eigenvalue weighted by atomic mass is 9.92. The average Bonchev–Trinajstić information content (AvgIpc) is 1.97. The molecule has 0 aromatic carbocycles. The summed E-state index contributed by atoms with van der Waals surface area (Å²) in [5, 5.41) is 9.69. The van der Waals surface area contributed by atoms with Crippen LogP contribution in [-0.4, -0.2) is 11.2 Å². The second-order valence-corrected chi connectivity index (χ2v) is 5.04. The molecule has 2 atom stereocenters. The Morgan fingerprint density at radius 3 is 1.85 bits per heavy atom. The van der Waals surface area contributed by atoms with Gasteiger partial charge >= 0.3 is 0 Å². The van der Waals surface area contributed by atoms with Gasteiger partial charge in [0.15, 0.2) is 0 Å². The van der Waals surface area contributed by atoms with E-state index in [9.17, 15) is 5.11 Å². The Kier molecular flexibility index (Phi) is 4.50. The van der Waals surface area contributed by atoms with Gasteiger partial charge in [-0.3, -0.25) is 0 Å². The Balaban J connectivity index is 4.27. The first-order chi connectivity index (χ1) is 5.74. The molecule has 0 aliphatic carbocycles. The zero-order valence-corrected chi connectivity index (χ0v) is 9.68. The van der Waals surface area contributed by atoms with Crippen molar-refractivity contribution in [1.29, 1.82) is 0 Å². The van der Waals surface area contributed by atoms with Gasteiger partial charge in [-0.2, -0.15) is 0 Å². The number of aliphatic hydroxyl groups is 1. The van der Waals surface area contributed by atoms with E-state index < -0.39 is 0 Å². The minimum atomic E-state index is -0.310. The van der Waals surface area contributed by atoms with Crippen molar-refractivity contribution in [3.63, 3.8) is 0 Å². The van der Waals surface area contributed by atoms with Gasteiger partial charge in [0.1, 0.15) is 0 Å². The molecule has 1 N–H and O–H groups in total. The van der Waals surface area contributed by atoms with Gasteiger partial charge in [-0.1, -0.05) is 25.7 Å². The predicted octanol–water partition coefficient (Wildman–Crippen LogP) is 2.69. The maximum absolute atomic E-state index is 9.69. The van der Waals surface area contributed by atoms with Gasteiger partial charge in [-0.15, -0.1) is 0 Å². The molecular formula is C12H22O. The molecule has 0 saturated heterocycles. The average molecular weight is 182 g/mol. The molecule has 0 heterocycles. The third kappa shape index (κ3) is 5.71. The maximum atomic E-state index is 9.69. The van der Waals surface area contributed by atoms with Crippen molar-refractivity contribution in [2.75, 3.05) is 0 Å². The molecule has 0 bridgehead atoms. The van der Waals surface area contributed by atoms with Crippen molar-refractivity contribution in [1.82, 2.24) is 0 Å². The normalized spacial score (nSPS) is 16.3. The van der Waals surface area contributed by atoms with Crippen molar-refractivity contribution >= 4 is 0 Å². The van der Waals surface area contributed by atoms with Crippen molar-refractivity contribution in [3.8, 4) is 11.8 Å². The standard InChI is InChI=1S/C12H22O/c1-9(2)11(13)10(3)7-8-12(4,5)6/h9-11,13H,1-6H3. The monoisotopic (exact) mass is 182 g/mol. The van der Waals surface area contributed by atoms with E-state index in [4.69, 9.17) is 0 Å². The van der Waals surface area contributed by atoms with E-state index >= 15 is 0 Å². The molecule has 1 heteroatoms. The zero-order valence-electron chi connectivity index (χ0n) is 9.68. The van der Waals surface area contributed by atoms with Gasteiger partial charge in [0.05, 0.1) is 6.10 Å². The lowest BCUT2D eigenvalue weighted by molar-refractivity contribution is 0.0944. The van der Waals surface area contributed by atoms with Crippen LogP contribution in [0.4, 0.5) is 0 Å². The summed E-state index contributed by atoms with van der Waals surface area (Å²) in [6.45, 7) is 12.2. The molecule has 0 saturated carbocycles. The van der Waals surface area contributed by atoms with E-state index in [1.165, 1.54) is 0 Å². The van der Waals surface area contributed by atoms with Crippen LogP contribution in [0.2, 0.25) is 0 Å². The van der Waals surface area contributed by atoms with Gasteiger partial charge in [0.2, 0.25) is 0 Å². The highest BCUT2D eigenvalue weighted by atomic mass is 16.3. The van der Waals surface area contributed by atoms with Crippen LogP contribution in [0.3, 0.4) is 0 Å². The van der Waals surface area contributed by atoms with E-state index in [0.29, 0.717) is 0 Å². The van der Waals surface area contributed by atoms with Crippen LogP contribution in [-0.2, 0) is 0 Å². The lowest BCUT2D eigenvalue weighted by Crippen LogP contribution is -2.22. The van der Waals surface area contributed by atoms with Crippen LogP contribution in [0.5, 0.6) is 0 Å². The Hall–Kier alpha value is -0.480. The highest BCUT2D eigenvalue weighted by Crippen LogP contribution is 2.14. The van der Waals surface area contributed by atoms with Crippen LogP contribution in [0, 0.1) is 29.1 Å². The highest BCUT2D eigenvalue weighted by molar-refractivity contribution is 5.10. The first-order valence-electron chi connectivity index (χ1n) is 4.95. The Labute approximate surface area is 82.5 Å². The molecule has 0 aliphatic heterocycles. The summed E-state index contributed by atoms with van der Waals surface area (Å²) in [6, 6.07) is 0. The molecule has 13 heavy (non-hydrogen) atoms. The summed E-state index contributed by atoms with van der Waals surface area (Å²) >= 11 is 0. The Morgan fingerprint density at radius 2 is 1.54 bits per heavy atom. The second kappa shape index (κ2) is 4.67. The Morgan fingerprint density at radius 1 is 1.08 bits per heavy atom. The molecule has 0 fully saturated rings. The van der Waals surface area contributed by atoms with Crippen LogP contribution < -0.4 is 0 Å². The van der Waals surface area contributed by atoms with E-state index in [1.807, 2.05) is 20.8 Å². The summed E-state index contributed by atoms with van der Waals surface area (Å²) in [5.41, 5.74) is 0.0327. The third-order valence-electron chi connectivity index (χ3n) is 1.87. The number of rotatable bonds is 2. The molecule has 1 nitrogen and oxygen atoms in total. The molecule has 0 aromatic heterocycles. The zero-order chi connectivity index (χ0) is 10.6. The smallest absolute Gasteiger partial charge is 0.0697 e. The van der Waals surface area contributed by atoms with Gasteiger partial charge < -0.3 is 5.11 Å². The molecular weight excluding hydrogens is 160 g/mol. The molecule has 2 unspecified atom stereocenters. The fourth-order valence-corrected chi connectivity index (χ4v) is 0.993. The fraction of sp³-hybridized carbons (Fsp3) is 0.833. The third-order valence-corrected chi connectivity index (χ3v) is 1.87. The second-order valence-electron chi connectivity index (χ2n) is 5.04. The summed E-state index contributed by atoms with van der Waals surface area (Å²) in [5.74, 6) is 6.60. The first-order valence-corrected chi connectivity index (χ1v) is 4.95. The first kappa shape index (κ1) is 12.5. The summed E-state index contributed by atoms with van der Waals surface area (Å²) in [4.78, 5) is 0. The predicted molar refractivity (Wildman–Crippen MR) is 57.2 cm³/mol. The van der Waals surface area contributed by atoms with Crippen molar-refractivity contribution in [2.24, 2.45) is 17.3 Å². The number of hydrogen-bond acceptors (Lipinski definition) is 1. The van der Waals surface area contributed by atoms with E-state index in [2.05, 4.69) is 32.6 Å². The largest absolute Gasteiger partial charge is 0.392 e. The van der Waals surface area contributed by atoms with Gasteiger partial charge in [-0.25, -0.2) is 0 Å². The van der Waals surface area contributed by atoms with Crippen LogP contribution in [0.25, 0.3) is 0 Å². The molecule has 0 radical (unpaired) electrons. The minimum absolute atomic E-state index is 0.0327. The highest BCUT2D eigenvalue weighted by Gasteiger charge is 2.16. The Bertz CT molecular complexity index is 199. The van der Waals surface area contributed by atoms with E-state index in [0.717, 1.165) is 0 Å². The summed E-state index contributed by atoms with van der Waals surface area (Å²) in [6.07, 6.45) is -0.310. The lowest BCUT2D eigenvalue weighted by Gasteiger charge is -2.18. The molecule has 0 aliphatic rings. The minimum Gasteiger partial charge on any atom is -0.392 e. The molecule has 0 aromatic rings. The van der Waals surface area contributed by atoms with Crippen LogP contribution in [0.15, 0.2) is 0 Å². The van der Waals surface area contributed by atoms with Crippen molar-refractivity contribution < 1.29 is 5.11 Å². The molecule has 76 valence electrons. The van der Waals surface area contributed by atoms with Gasteiger partial charge in [-0.05, 0) is 33.6 Å².